The van der Waals surface area contributed by atoms with Gasteiger partial charge < -0.3 is 10.1 Å². The van der Waals surface area contributed by atoms with Gasteiger partial charge in [0.05, 0.1) is 24.3 Å². The van der Waals surface area contributed by atoms with Gasteiger partial charge in [-0.2, -0.15) is 5.10 Å². The maximum Gasteiger partial charge on any atom is 0.229 e. The largest absolute Gasteiger partial charge is 0.381 e. The maximum absolute atomic E-state index is 11.9. The van der Waals surface area contributed by atoms with Crippen molar-refractivity contribution in [3.05, 3.63) is 34.8 Å². The molecule has 0 atom stereocenters. The van der Waals surface area contributed by atoms with E-state index in [1.54, 1.807) is 17.5 Å². The van der Waals surface area contributed by atoms with Crippen LogP contribution in [-0.2, 0) is 16.0 Å². The Morgan fingerprint density at radius 1 is 1.50 bits per heavy atom. The summed E-state index contributed by atoms with van der Waals surface area (Å²) in [5.41, 5.74) is 0.762. The molecule has 1 aliphatic heterocycles. The average Bonchev–Trinajstić information content (AvgIpc) is 3.11. The van der Waals surface area contributed by atoms with Gasteiger partial charge in [-0.05, 0) is 24.3 Å². The summed E-state index contributed by atoms with van der Waals surface area (Å²) >= 11 is 1.59. The SMILES string of the molecule is O=C(Cc1cccs1)Nc1cnn(C2CCOCC2)c1. The Morgan fingerprint density at radius 2 is 2.35 bits per heavy atom. The van der Waals surface area contributed by atoms with Crippen LogP contribution in [0.1, 0.15) is 23.8 Å². The summed E-state index contributed by atoms with van der Waals surface area (Å²) in [6.07, 6.45) is 5.98. The molecular formula is C14H17N3O2S. The van der Waals surface area contributed by atoms with Gasteiger partial charge >= 0.3 is 0 Å². The van der Waals surface area contributed by atoms with Crippen LogP contribution >= 0.6 is 11.3 Å². The van der Waals surface area contributed by atoms with Gasteiger partial charge in [0.25, 0.3) is 0 Å². The number of thiophene rings is 1. The third-order valence-electron chi connectivity index (χ3n) is 3.37. The summed E-state index contributed by atoms with van der Waals surface area (Å²) in [5, 5.41) is 9.21. The minimum absolute atomic E-state index is 0.000947. The Kier molecular flexibility index (Phi) is 4.13. The van der Waals surface area contributed by atoms with Crippen LogP contribution in [0.4, 0.5) is 5.69 Å². The molecule has 6 heteroatoms. The monoisotopic (exact) mass is 291 g/mol. The van der Waals surface area contributed by atoms with Crippen LogP contribution in [0.5, 0.6) is 0 Å². The van der Waals surface area contributed by atoms with E-state index in [-0.39, 0.29) is 5.91 Å². The summed E-state index contributed by atoms with van der Waals surface area (Å²) < 4.78 is 7.28. The van der Waals surface area contributed by atoms with Crippen molar-refractivity contribution in [1.29, 1.82) is 0 Å². The molecule has 20 heavy (non-hydrogen) atoms. The fourth-order valence-corrected chi connectivity index (χ4v) is 3.03. The lowest BCUT2D eigenvalue weighted by atomic mass is 10.1. The van der Waals surface area contributed by atoms with Gasteiger partial charge in [0.1, 0.15) is 0 Å². The van der Waals surface area contributed by atoms with Crippen molar-refractivity contribution in [2.24, 2.45) is 0 Å². The van der Waals surface area contributed by atoms with E-state index >= 15 is 0 Å². The molecule has 1 amide bonds. The van der Waals surface area contributed by atoms with Gasteiger partial charge in [0.15, 0.2) is 0 Å². The van der Waals surface area contributed by atoms with E-state index in [2.05, 4.69) is 10.4 Å². The zero-order chi connectivity index (χ0) is 13.8. The van der Waals surface area contributed by atoms with Crippen molar-refractivity contribution in [2.75, 3.05) is 18.5 Å². The van der Waals surface area contributed by atoms with Gasteiger partial charge in [0.2, 0.25) is 5.91 Å². The Labute approximate surface area is 121 Å². The molecule has 0 unspecified atom stereocenters. The molecule has 1 fully saturated rings. The number of hydrogen-bond acceptors (Lipinski definition) is 4. The van der Waals surface area contributed by atoms with Crippen molar-refractivity contribution in [1.82, 2.24) is 9.78 Å². The quantitative estimate of drug-likeness (QED) is 0.941. The number of nitrogens with zero attached hydrogens (tertiary/aromatic N) is 2. The van der Waals surface area contributed by atoms with E-state index in [4.69, 9.17) is 4.74 Å². The minimum atomic E-state index is -0.000947. The predicted molar refractivity (Wildman–Crippen MR) is 78.0 cm³/mol. The first-order valence-corrected chi connectivity index (χ1v) is 7.63. The van der Waals surface area contributed by atoms with Crippen molar-refractivity contribution in [2.45, 2.75) is 25.3 Å². The van der Waals surface area contributed by atoms with Crippen LogP contribution in [0.2, 0.25) is 0 Å². The molecule has 0 bridgehead atoms. The summed E-state index contributed by atoms with van der Waals surface area (Å²) in [7, 11) is 0. The molecule has 3 heterocycles. The number of anilines is 1. The van der Waals surface area contributed by atoms with Crippen molar-refractivity contribution in [3.63, 3.8) is 0 Å². The molecule has 0 saturated carbocycles. The fourth-order valence-electron chi connectivity index (χ4n) is 2.33. The third kappa shape index (κ3) is 3.26. The molecule has 3 rings (SSSR count). The lowest BCUT2D eigenvalue weighted by molar-refractivity contribution is -0.115. The van der Waals surface area contributed by atoms with Crippen LogP contribution in [0.25, 0.3) is 0 Å². The average molecular weight is 291 g/mol. The molecule has 5 nitrogen and oxygen atoms in total. The highest BCUT2D eigenvalue weighted by Crippen LogP contribution is 2.21. The Hall–Kier alpha value is -1.66. The van der Waals surface area contributed by atoms with E-state index in [0.29, 0.717) is 12.5 Å². The Bertz CT molecular complexity index is 559. The van der Waals surface area contributed by atoms with E-state index < -0.39 is 0 Å². The number of carbonyl (C=O) groups excluding carboxylic acids is 1. The number of aromatic nitrogens is 2. The Morgan fingerprint density at radius 3 is 3.10 bits per heavy atom. The molecule has 1 saturated heterocycles. The van der Waals surface area contributed by atoms with Crippen LogP contribution < -0.4 is 5.32 Å². The number of carbonyl (C=O) groups is 1. The first kappa shape index (κ1) is 13.3. The second-order valence-corrected chi connectivity index (χ2v) is 5.89. The normalized spacial score (nSPS) is 16.2. The predicted octanol–water partition coefficient (Wildman–Crippen LogP) is 2.48. The van der Waals surface area contributed by atoms with Gasteiger partial charge in [-0.3, -0.25) is 9.48 Å². The molecule has 0 aromatic carbocycles. The van der Waals surface area contributed by atoms with Gasteiger partial charge in [0, 0.05) is 24.3 Å². The number of ether oxygens (including phenoxy) is 1. The minimum Gasteiger partial charge on any atom is -0.381 e. The van der Waals surface area contributed by atoms with Gasteiger partial charge in [-0.15, -0.1) is 11.3 Å². The van der Waals surface area contributed by atoms with Crippen molar-refractivity contribution >= 4 is 22.9 Å². The highest BCUT2D eigenvalue weighted by molar-refractivity contribution is 7.10. The summed E-state index contributed by atoms with van der Waals surface area (Å²) in [4.78, 5) is 13.0. The topological polar surface area (TPSA) is 56.2 Å². The van der Waals surface area contributed by atoms with Crippen LogP contribution in [-0.4, -0.2) is 28.9 Å². The first-order valence-electron chi connectivity index (χ1n) is 6.75. The van der Waals surface area contributed by atoms with E-state index in [1.165, 1.54) is 0 Å². The lowest BCUT2D eigenvalue weighted by Gasteiger charge is -2.22. The molecule has 1 N–H and O–H groups in total. The molecule has 0 spiro atoms. The molecule has 1 aliphatic rings. The summed E-state index contributed by atoms with van der Waals surface area (Å²) in [6, 6.07) is 4.30. The molecule has 2 aromatic rings. The first-order chi connectivity index (χ1) is 9.81. The number of amides is 1. The molecular weight excluding hydrogens is 274 g/mol. The summed E-state index contributed by atoms with van der Waals surface area (Å²) in [5.74, 6) is -0.000947. The third-order valence-corrected chi connectivity index (χ3v) is 4.24. The zero-order valence-corrected chi connectivity index (χ0v) is 11.9. The van der Waals surface area contributed by atoms with Crippen LogP contribution in [0.15, 0.2) is 29.9 Å². The van der Waals surface area contributed by atoms with Gasteiger partial charge in [-0.25, -0.2) is 0 Å². The standard InChI is InChI=1S/C14H17N3O2S/c18-14(8-13-2-1-7-20-13)16-11-9-15-17(10-11)12-3-5-19-6-4-12/h1-2,7,9-10,12H,3-6,8H2,(H,16,18). The molecule has 0 radical (unpaired) electrons. The van der Waals surface area contributed by atoms with Crippen molar-refractivity contribution < 1.29 is 9.53 Å². The number of rotatable bonds is 4. The fraction of sp³-hybridized carbons (Fsp3) is 0.429. The smallest absolute Gasteiger partial charge is 0.229 e. The second kappa shape index (κ2) is 6.19. The second-order valence-electron chi connectivity index (χ2n) is 4.86. The molecule has 0 aliphatic carbocycles. The Balaban J connectivity index is 1.57. The van der Waals surface area contributed by atoms with E-state index in [1.807, 2.05) is 28.4 Å². The zero-order valence-electron chi connectivity index (χ0n) is 11.1. The molecule has 106 valence electrons. The highest BCUT2D eigenvalue weighted by Gasteiger charge is 2.16. The van der Waals surface area contributed by atoms with Gasteiger partial charge in [-0.1, -0.05) is 6.07 Å². The van der Waals surface area contributed by atoms with E-state index in [9.17, 15) is 4.79 Å². The number of hydrogen-bond donors (Lipinski definition) is 1. The highest BCUT2D eigenvalue weighted by atomic mass is 32.1. The molecule has 2 aromatic heterocycles. The van der Waals surface area contributed by atoms with E-state index in [0.717, 1.165) is 36.6 Å². The lowest BCUT2D eigenvalue weighted by Crippen LogP contribution is -2.19. The van der Waals surface area contributed by atoms with Crippen molar-refractivity contribution in [3.8, 4) is 0 Å². The van der Waals surface area contributed by atoms with Crippen LogP contribution in [0.3, 0.4) is 0 Å². The maximum atomic E-state index is 11.9. The number of nitrogens with one attached hydrogen (secondary N) is 1. The van der Waals surface area contributed by atoms with Crippen LogP contribution in [0, 0.1) is 0 Å². The summed E-state index contributed by atoms with van der Waals surface area (Å²) in [6.45, 7) is 1.56.